The molecule has 6 heteroatoms. The number of aryl methyl sites for hydroxylation is 1. The fraction of sp³-hybridized carbons (Fsp3) is 0.185. The Bertz CT molecular complexity index is 1420. The molecule has 1 aliphatic rings. The molecule has 1 atom stereocenters. The number of hydrogen-bond donors (Lipinski definition) is 1. The summed E-state index contributed by atoms with van der Waals surface area (Å²) in [6.07, 6.45) is 0. The van der Waals surface area contributed by atoms with E-state index in [1.165, 1.54) is 6.07 Å². The predicted octanol–water partition coefficient (Wildman–Crippen LogP) is 4.95. The van der Waals surface area contributed by atoms with Crippen LogP contribution >= 0.6 is 0 Å². The molecule has 0 saturated heterocycles. The summed E-state index contributed by atoms with van der Waals surface area (Å²) in [4.78, 5) is 28.8. The second-order valence-corrected chi connectivity index (χ2v) is 8.15. The number of aromatic hydroxyl groups is 1. The Morgan fingerprint density at radius 1 is 1.03 bits per heavy atom. The Labute approximate surface area is 190 Å². The van der Waals surface area contributed by atoms with E-state index in [0.717, 1.165) is 11.1 Å². The SMILES string of the molecule is CCOc1cc(C2c3c(oc4ccc(C)cc4c3=O)C(=O)N2Cc2ccccc2)ccc1O. The van der Waals surface area contributed by atoms with E-state index in [-0.39, 0.29) is 22.8 Å². The average molecular weight is 441 g/mol. The lowest BCUT2D eigenvalue weighted by molar-refractivity contribution is 0.0714. The highest BCUT2D eigenvalue weighted by molar-refractivity contribution is 5.99. The fourth-order valence-corrected chi connectivity index (χ4v) is 4.40. The molecule has 1 amide bonds. The standard InChI is InChI=1S/C27H23NO5/c1-3-32-22-14-18(10-11-20(22)29)24-23-25(30)19-13-16(2)9-12-21(19)33-26(23)27(31)28(24)15-17-7-5-4-6-8-17/h4-14,24,29H,3,15H2,1-2H3. The first kappa shape index (κ1) is 20.8. The second kappa shape index (κ2) is 8.13. The molecular weight excluding hydrogens is 418 g/mol. The largest absolute Gasteiger partial charge is 0.504 e. The molecule has 33 heavy (non-hydrogen) atoms. The van der Waals surface area contributed by atoms with Gasteiger partial charge in [0.1, 0.15) is 5.58 Å². The van der Waals surface area contributed by atoms with Crippen molar-refractivity contribution < 1.29 is 19.1 Å². The summed E-state index contributed by atoms with van der Waals surface area (Å²) < 4.78 is 11.6. The van der Waals surface area contributed by atoms with Crippen molar-refractivity contribution in [3.05, 3.63) is 105 Å². The zero-order chi connectivity index (χ0) is 23.1. The number of amides is 1. The summed E-state index contributed by atoms with van der Waals surface area (Å²) in [7, 11) is 0. The molecule has 1 aromatic heterocycles. The topological polar surface area (TPSA) is 80.0 Å². The minimum Gasteiger partial charge on any atom is -0.504 e. The molecule has 2 heterocycles. The molecule has 0 bridgehead atoms. The van der Waals surface area contributed by atoms with Crippen molar-refractivity contribution in [3.63, 3.8) is 0 Å². The van der Waals surface area contributed by atoms with Crippen molar-refractivity contribution in [2.45, 2.75) is 26.4 Å². The maximum Gasteiger partial charge on any atom is 0.291 e. The van der Waals surface area contributed by atoms with Crippen LogP contribution in [0.4, 0.5) is 0 Å². The molecule has 5 rings (SSSR count). The smallest absolute Gasteiger partial charge is 0.291 e. The average Bonchev–Trinajstić information content (AvgIpc) is 3.08. The third-order valence-corrected chi connectivity index (χ3v) is 5.92. The molecular formula is C27H23NO5. The van der Waals surface area contributed by atoms with Gasteiger partial charge in [-0.15, -0.1) is 0 Å². The van der Waals surface area contributed by atoms with E-state index >= 15 is 0 Å². The van der Waals surface area contributed by atoms with Crippen LogP contribution in [0.2, 0.25) is 0 Å². The number of carbonyl (C=O) groups excluding carboxylic acids is 1. The number of benzene rings is 3. The summed E-state index contributed by atoms with van der Waals surface area (Å²) in [5.74, 6) is 0.0188. The number of nitrogens with zero attached hydrogens (tertiary/aromatic N) is 1. The zero-order valence-electron chi connectivity index (χ0n) is 18.4. The van der Waals surface area contributed by atoms with Gasteiger partial charge in [0, 0.05) is 6.54 Å². The molecule has 3 aromatic carbocycles. The van der Waals surface area contributed by atoms with E-state index in [2.05, 4.69) is 0 Å². The third-order valence-electron chi connectivity index (χ3n) is 5.92. The van der Waals surface area contributed by atoms with E-state index in [0.29, 0.717) is 41.0 Å². The van der Waals surface area contributed by atoms with Crippen LogP contribution in [-0.2, 0) is 6.54 Å². The lowest BCUT2D eigenvalue weighted by Gasteiger charge is -2.25. The summed E-state index contributed by atoms with van der Waals surface area (Å²) in [5.41, 5.74) is 3.00. The molecule has 1 aliphatic heterocycles. The minimum absolute atomic E-state index is 0.000858. The molecule has 0 spiro atoms. The Kier molecular flexibility index (Phi) is 5.13. The normalized spacial score (nSPS) is 15.2. The molecule has 6 nitrogen and oxygen atoms in total. The van der Waals surface area contributed by atoms with Gasteiger partial charge in [0.05, 0.1) is 23.6 Å². The van der Waals surface area contributed by atoms with Crippen LogP contribution in [0, 0.1) is 6.92 Å². The van der Waals surface area contributed by atoms with Gasteiger partial charge in [-0.25, -0.2) is 0 Å². The number of phenols is 1. The van der Waals surface area contributed by atoms with Gasteiger partial charge < -0.3 is 19.2 Å². The number of rotatable bonds is 5. The van der Waals surface area contributed by atoms with Crippen LogP contribution in [0.1, 0.15) is 45.8 Å². The lowest BCUT2D eigenvalue weighted by Crippen LogP contribution is -2.29. The van der Waals surface area contributed by atoms with E-state index < -0.39 is 6.04 Å². The minimum atomic E-state index is -0.673. The Balaban J connectivity index is 1.74. The van der Waals surface area contributed by atoms with Gasteiger partial charge in [-0.2, -0.15) is 0 Å². The monoisotopic (exact) mass is 441 g/mol. The Hall–Kier alpha value is -4.06. The molecule has 4 aromatic rings. The van der Waals surface area contributed by atoms with Gasteiger partial charge in [-0.05, 0) is 49.2 Å². The van der Waals surface area contributed by atoms with Crippen LogP contribution in [0.5, 0.6) is 11.5 Å². The fourth-order valence-electron chi connectivity index (χ4n) is 4.40. The predicted molar refractivity (Wildman–Crippen MR) is 125 cm³/mol. The number of ether oxygens (including phenoxy) is 1. The number of fused-ring (bicyclic) bond motifs is 2. The highest BCUT2D eigenvalue weighted by atomic mass is 16.5. The Morgan fingerprint density at radius 3 is 2.58 bits per heavy atom. The Morgan fingerprint density at radius 2 is 1.82 bits per heavy atom. The van der Waals surface area contributed by atoms with Crippen molar-refractivity contribution in [3.8, 4) is 11.5 Å². The molecule has 166 valence electrons. The van der Waals surface area contributed by atoms with E-state index in [1.807, 2.05) is 50.2 Å². The number of carbonyl (C=O) groups is 1. The first-order valence-electron chi connectivity index (χ1n) is 10.9. The molecule has 1 N–H and O–H groups in total. The van der Waals surface area contributed by atoms with E-state index in [1.54, 1.807) is 29.2 Å². The highest BCUT2D eigenvalue weighted by Crippen LogP contribution is 2.41. The molecule has 0 fully saturated rings. The highest BCUT2D eigenvalue weighted by Gasteiger charge is 2.43. The first-order valence-corrected chi connectivity index (χ1v) is 10.9. The van der Waals surface area contributed by atoms with Crippen LogP contribution in [0.25, 0.3) is 11.0 Å². The van der Waals surface area contributed by atoms with Crippen LogP contribution < -0.4 is 10.2 Å². The van der Waals surface area contributed by atoms with E-state index in [9.17, 15) is 14.7 Å². The number of phenolic OH excluding ortho intramolecular Hbond substituents is 1. The van der Waals surface area contributed by atoms with Gasteiger partial charge in [0.2, 0.25) is 5.76 Å². The summed E-state index contributed by atoms with van der Waals surface area (Å²) in [6.45, 7) is 4.40. The number of hydrogen-bond acceptors (Lipinski definition) is 5. The second-order valence-electron chi connectivity index (χ2n) is 8.15. The quantitative estimate of drug-likeness (QED) is 0.474. The molecule has 0 radical (unpaired) electrons. The van der Waals surface area contributed by atoms with Crippen molar-refractivity contribution >= 4 is 16.9 Å². The molecule has 1 unspecified atom stereocenters. The zero-order valence-corrected chi connectivity index (χ0v) is 18.4. The van der Waals surface area contributed by atoms with Crippen LogP contribution in [0.3, 0.4) is 0 Å². The van der Waals surface area contributed by atoms with Gasteiger partial charge in [0.15, 0.2) is 16.9 Å². The maximum atomic E-state index is 13.7. The van der Waals surface area contributed by atoms with Crippen LogP contribution in [-0.4, -0.2) is 22.5 Å². The lowest BCUT2D eigenvalue weighted by atomic mass is 9.97. The van der Waals surface area contributed by atoms with Gasteiger partial charge in [-0.1, -0.05) is 48.0 Å². The molecule has 0 aliphatic carbocycles. The van der Waals surface area contributed by atoms with Gasteiger partial charge in [-0.3, -0.25) is 9.59 Å². The summed E-state index contributed by atoms with van der Waals surface area (Å²) >= 11 is 0. The van der Waals surface area contributed by atoms with E-state index in [4.69, 9.17) is 9.15 Å². The first-order chi connectivity index (χ1) is 16.0. The van der Waals surface area contributed by atoms with Gasteiger partial charge in [0.25, 0.3) is 5.91 Å². The van der Waals surface area contributed by atoms with Crippen molar-refractivity contribution in [2.75, 3.05) is 6.61 Å². The van der Waals surface area contributed by atoms with Crippen molar-refractivity contribution in [1.29, 1.82) is 0 Å². The van der Waals surface area contributed by atoms with Crippen LogP contribution in [0.15, 0.2) is 75.9 Å². The summed E-state index contributed by atoms with van der Waals surface area (Å²) in [6, 6.07) is 19.2. The summed E-state index contributed by atoms with van der Waals surface area (Å²) in [5, 5.41) is 10.6. The van der Waals surface area contributed by atoms with Crippen molar-refractivity contribution in [2.24, 2.45) is 0 Å². The maximum absolute atomic E-state index is 13.7. The third kappa shape index (κ3) is 3.53. The van der Waals surface area contributed by atoms with Gasteiger partial charge >= 0.3 is 0 Å². The molecule has 0 saturated carbocycles. The van der Waals surface area contributed by atoms with Crippen molar-refractivity contribution in [1.82, 2.24) is 4.90 Å².